The van der Waals surface area contributed by atoms with E-state index in [1.807, 2.05) is 48.5 Å². The monoisotopic (exact) mass is 472 g/mol. The highest BCUT2D eigenvalue weighted by Crippen LogP contribution is 2.37. The van der Waals surface area contributed by atoms with Gasteiger partial charge in [-0.25, -0.2) is 9.18 Å². The Labute approximate surface area is 198 Å². The summed E-state index contributed by atoms with van der Waals surface area (Å²) in [6.45, 7) is 12.8. The van der Waals surface area contributed by atoms with Crippen LogP contribution < -0.4 is 10.2 Å². The number of hydrogen-bond donors (Lipinski definition) is 1. The maximum Gasteiger partial charge on any atom is 0.407 e. The van der Waals surface area contributed by atoms with Gasteiger partial charge in [0.25, 0.3) is 0 Å². The zero-order chi connectivity index (χ0) is 24.1. The predicted molar refractivity (Wildman–Crippen MR) is 133 cm³/mol. The van der Waals surface area contributed by atoms with Gasteiger partial charge in [0.05, 0.1) is 12.3 Å². The molecule has 0 radical (unpaired) electrons. The van der Waals surface area contributed by atoms with Crippen molar-refractivity contribution in [3.8, 4) is 0 Å². The number of benzene rings is 2. The zero-order valence-corrected chi connectivity index (χ0v) is 21.5. The fourth-order valence-electron chi connectivity index (χ4n) is 3.59. The molecule has 2 aromatic carbocycles. The molecule has 3 rings (SSSR count). The molecule has 1 fully saturated rings. The van der Waals surface area contributed by atoms with Crippen LogP contribution in [0.2, 0.25) is 18.1 Å². The fourth-order valence-corrected chi connectivity index (χ4v) is 4.54. The summed E-state index contributed by atoms with van der Waals surface area (Å²) in [5.74, 6) is -0.204. The second-order valence-corrected chi connectivity index (χ2v) is 15.1. The molecule has 1 saturated heterocycles. The lowest BCUT2D eigenvalue weighted by molar-refractivity contribution is 0.134. The molecule has 1 aliphatic heterocycles. The normalized spacial score (nSPS) is 15.4. The topological polar surface area (TPSA) is 50.8 Å². The lowest BCUT2D eigenvalue weighted by atomic mass is 10.0. The SMILES string of the molecule is CC(C)(C)[Si](C)(C)OCc1cccc(N2CCC(NC(=O)OCc3ccccc3)CC2)c1F. The standard InChI is InChI=1S/C26H37FN2O3Si/c1-26(2,3)33(4,5)32-19-21-12-9-13-23(24(21)27)29-16-14-22(15-17-29)28-25(30)31-18-20-10-7-6-8-11-20/h6-13,22H,14-19H2,1-5H3,(H,28,30). The maximum absolute atomic E-state index is 15.3. The molecule has 7 heteroatoms. The average molecular weight is 473 g/mol. The first-order chi connectivity index (χ1) is 15.6. The van der Waals surface area contributed by atoms with Gasteiger partial charge in [-0.3, -0.25) is 0 Å². The van der Waals surface area contributed by atoms with E-state index in [9.17, 15) is 4.79 Å². The number of rotatable bonds is 7. The Hall–Kier alpha value is -2.38. The minimum absolute atomic E-state index is 0.0256. The Balaban J connectivity index is 1.51. The summed E-state index contributed by atoms with van der Waals surface area (Å²) in [6, 6.07) is 15.2. The molecule has 0 bridgehead atoms. The Kier molecular flexibility index (Phi) is 8.18. The van der Waals surface area contributed by atoms with Gasteiger partial charge in [-0.05, 0) is 42.6 Å². The van der Waals surface area contributed by atoms with Crippen LogP contribution >= 0.6 is 0 Å². The smallest absolute Gasteiger partial charge is 0.407 e. The largest absolute Gasteiger partial charge is 0.445 e. The quantitative estimate of drug-likeness (QED) is 0.485. The Morgan fingerprint density at radius 2 is 1.73 bits per heavy atom. The highest BCUT2D eigenvalue weighted by molar-refractivity contribution is 6.74. The number of carbonyl (C=O) groups is 1. The molecule has 0 saturated carbocycles. The molecule has 1 aliphatic rings. The number of ether oxygens (including phenoxy) is 1. The summed E-state index contributed by atoms with van der Waals surface area (Å²) in [7, 11) is -1.95. The highest BCUT2D eigenvalue weighted by Gasteiger charge is 2.37. The van der Waals surface area contributed by atoms with E-state index in [1.165, 1.54) is 0 Å². The summed E-state index contributed by atoms with van der Waals surface area (Å²) in [5.41, 5.74) is 2.16. The van der Waals surface area contributed by atoms with Crippen LogP contribution in [0.3, 0.4) is 0 Å². The number of nitrogens with zero attached hydrogens (tertiary/aromatic N) is 1. The Morgan fingerprint density at radius 3 is 2.36 bits per heavy atom. The third-order valence-corrected chi connectivity index (χ3v) is 11.3. The van der Waals surface area contributed by atoms with Gasteiger partial charge in [-0.1, -0.05) is 63.2 Å². The van der Waals surface area contributed by atoms with Gasteiger partial charge in [0.2, 0.25) is 0 Å². The van der Waals surface area contributed by atoms with E-state index in [2.05, 4.69) is 44.1 Å². The van der Waals surface area contributed by atoms with Crippen molar-refractivity contribution >= 4 is 20.1 Å². The van der Waals surface area contributed by atoms with Crippen LogP contribution in [0.1, 0.15) is 44.7 Å². The average Bonchev–Trinajstić information content (AvgIpc) is 2.78. The second kappa shape index (κ2) is 10.7. The van der Waals surface area contributed by atoms with Gasteiger partial charge in [0.1, 0.15) is 6.61 Å². The zero-order valence-electron chi connectivity index (χ0n) is 20.5. The number of carbonyl (C=O) groups excluding carboxylic acids is 1. The molecule has 1 heterocycles. The van der Waals surface area contributed by atoms with Gasteiger partial charge in [0.15, 0.2) is 14.1 Å². The molecule has 0 aromatic heterocycles. The number of nitrogens with one attached hydrogen (secondary N) is 1. The molecule has 0 unspecified atom stereocenters. The van der Waals surface area contributed by atoms with Gasteiger partial charge in [-0.15, -0.1) is 0 Å². The van der Waals surface area contributed by atoms with Gasteiger partial charge < -0.3 is 19.4 Å². The molecular formula is C26H37FN2O3Si. The first kappa shape index (κ1) is 25.2. The van der Waals surface area contributed by atoms with Crippen molar-refractivity contribution in [1.82, 2.24) is 5.32 Å². The summed E-state index contributed by atoms with van der Waals surface area (Å²) >= 11 is 0. The molecule has 33 heavy (non-hydrogen) atoms. The van der Waals surface area contributed by atoms with E-state index in [0.717, 1.165) is 18.4 Å². The number of hydrogen-bond acceptors (Lipinski definition) is 4. The molecule has 0 atom stereocenters. The minimum atomic E-state index is -1.95. The summed E-state index contributed by atoms with van der Waals surface area (Å²) in [6.07, 6.45) is 1.07. The van der Waals surface area contributed by atoms with E-state index in [1.54, 1.807) is 0 Å². The lowest BCUT2D eigenvalue weighted by Crippen LogP contribution is -2.45. The van der Waals surface area contributed by atoms with Crippen LogP contribution in [0.15, 0.2) is 48.5 Å². The molecule has 180 valence electrons. The molecule has 1 amide bonds. The van der Waals surface area contributed by atoms with Crippen molar-refractivity contribution in [2.45, 2.75) is 71.0 Å². The first-order valence-corrected chi connectivity index (χ1v) is 14.6. The van der Waals surface area contributed by atoms with E-state index in [0.29, 0.717) is 30.9 Å². The van der Waals surface area contributed by atoms with E-state index in [-0.39, 0.29) is 23.5 Å². The van der Waals surface area contributed by atoms with Crippen LogP contribution in [-0.4, -0.2) is 33.5 Å². The summed E-state index contributed by atoms with van der Waals surface area (Å²) in [5, 5.41) is 3.02. The molecule has 0 spiro atoms. The third kappa shape index (κ3) is 6.80. The molecule has 1 N–H and O–H groups in total. The maximum atomic E-state index is 15.3. The Morgan fingerprint density at radius 1 is 1.06 bits per heavy atom. The minimum Gasteiger partial charge on any atom is -0.445 e. The number of halogens is 1. The molecular weight excluding hydrogens is 435 g/mol. The van der Waals surface area contributed by atoms with Crippen LogP contribution in [0.25, 0.3) is 0 Å². The van der Waals surface area contributed by atoms with Crippen molar-refractivity contribution < 1.29 is 18.3 Å². The van der Waals surface area contributed by atoms with Crippen LogP contribution in [-0.2, 0) is 22.4 Å². The highest BCUT2D eigenvalue weighted by atomic mass is 28.4. The van der Waals surface area contributed by atoms with E-state index in [4.69, 9.17) is 9.16 Å². The molecule has 5 nitrogen and oxygen atoms in total. The van der Waals surface area contributed by atoms with Crippen LogP contribution in [0.5, 0.6) is 0 Å². The predicted octanol–water partition coefficient (Wildman–Crippen LogP) is 6.24. The molecule has 0 aliphatic carbocycles. The first-order valence-electron chi connectivity index (χ1n) is 11.7. The fraction of sp³-hybridized carbons (Fsp3) is 0.500. The van der Waals surface area contributed by atoms with Gasteiger partial charge >= 0.3 is 6.09 Å². The van der Waals surface area contributed by atoms with E-state index >= 15 is 4.39 Å². The Bertz CT molecular complexity index is 923. The number of piperidine rings is 1. The molecule has 2 aromatic rings. The second-order valence-electron chi connectivity index (χ2n) is 10.3. The van der Waals surface area contributed by atoms with Crippen molar-refractivity contribution in [3.05, 3.63) is 65.5 Å². The van der Waals surface area contributed by atoms with Crippen molar-refractivity contribution in [2.24, 2.45) is 0 Å². The summed E-state index contributed by atoms with van der Waals surface area (Å²) < 4.78 is 26.9. The van der Waals surface area contributed by atoms with Crippen molar-refractivity contribution in [1.29, 1.82) is 0 Å². The van der Waals surface area contributed by atoms with Crippen molar-refractivity contribution in [2.75, 3.05) is 18.0 Å². The number of anilines is 1. The van der Waals surface area contributed by atoms with Gasteiger partial charge in [-0.2, -0.15) is 0 Å². The van der Waals surface area contributed by atoms with Crippen LogP contribution in [0, 0.1) is 5.82 Å². The van der Waals surface area contributed by atoms with Gasteiger partial charge in [0, 0.05) is 24.7 Å². The summed E-state index contributed by atoms with van der Waals surface area (Å²) in [4.78, 5) is 14.2. The van der Waals surface area contributed by atoms with Crippen LogP contribution in [0.4, 0.5) is 14.9 Å². The number of alkyl carbamates (subject to hydrolysis) is 1. The lowest BCUT2D eigenvalue weighted by Gasteiger charge is -2.36. The van der Waals surface area contributed by atoms with Crippen molar-refractivity contribution in [3.63, 3.8) is 0 Å². The third-order valence-electron chi connectivity index (χ3n) is 6.82. The number of amides is 1. The van der Waals surface area contributed by atoms with E-state index < -0.39 is 14.4 Å².